The van der Waals surface area contributed by atoms with E-state index in [1.165, 1.54) is 28.6 Å². The Balaban J connectivity index is 1.93. The third-order valence-electron chi connectivity index (χ3n) is 5.23. The van der Waals surface area contributed by atoms with Crippen molar-refractivity contribution in [3.8, 4) is 5.75 Å². The van der Waals surface area contributed by atoms with E-state index in [9.17, 15) is 18.0 Å². The maximum absolute atomic E-state index is 12.7. The molecule has 1 aliphatic rings. The molecular formula is C22H25NO5S. The molecule has 0 heterocycles. The molecule has 2 aromatic carbocycles. The number of benzene rings is 2. The number of aryl methyl sites for hydroxylation is 1. The van der Waals surface area contributed by atoms with Crippen LogP contribution in [0.1, 0.15) is 58.5 Å². The van der Waals surface area contributed by atoms with E-state index in [2.05, 4.69) is 0 Å². The van der Waals surface area contributed by atoms with Gasteiger partial charge in [0.25, 0.3) is 0 Å². The zero-order valence-corrected chi connectivity index (χ0v) is 17.7. The van der Waals surface area contributed by atoms with Crippen LogP contribution in [-0.4, -0.2) is 37.6 Å². The maximum atomic E-state index is 12.7. The molecule has 0 unspecified atom stereocenters. The lowest BCUT2D eigenvalue weighted by Crippen LogP contribution is -2.30. The molecule has 6 nitrogen and oxygen atoms in total. The van der Waals surface area contributed by atoms with Gasteiger partial charge in [-0.3, -0.25) is 4.79 Å². The van der Waals surface area contributed by atoms with E-state index in [4.69, 9.17) is 4.74 Å². The van der Waals surface area contributed by atoms with Gasteiger partial charge in [-0.05, 0) is 55.2 Å². The number of carbonyl (C=O) groups excluding carboxylic acids is 2. The highest BCUT2D eigenvalue weighted by molar-refractivity contribution is 7.89. The van der Waals surface area contributed by atoms with Gasteiger partial charge in [0, 0.05) is 19.5 Å². The van der Waals surface area contributed by atoms with Gasteiger partial charge in [0.1, 0.15) is 5.75 Å². The zero-order valence-electron chi connectivity index (χ0n) is 16.9. The lowest BCUT2D eigenvalue weighted by molar-refractivity contribution is 0.0731. The van der Waals surface area contributed by atoms with Crippen LogP contribution in [-0.2, 0) is 16.4 Å². The van der Waals surface area contributed by atoms with Crippen molar-refractivity contribution in [2.24, 2.45) is 0 Å². The van der Waals surface area contributed by atoms with Crippen LogP contribution >= 0.6 is 0 Å². The number of sulfonamides is 1. The quantitative estimate of drug-likeness (QED) is 0.530. The number of fused-ring (bicyclic) bond motifs is 1. The second-order valence-electron chi connectivity index (χ2n) is 7.02. The van der Waals surface area contributed by atoms with Gasteiger partial charge in [-0.25, -0.2) is 13.2 Å². The van der Waals surface area contributed by atoms with Crippen LogP contribution in [0.4, 0.5) is 0 Å². The van der Waals surface area contributed by atoms with Crippen LogP contribution < -0.4 is 4.74 Å². The minimum atomic E-state index is -3.69. The topological polar surface area (TPSA) is 80.8 Å². The number of carbonyl (C=O) groups is 2. The molecule has 154 valence electrons. The van der Waals surface area contributed by atoms with Gasteiger partial charge in [-0.2, -0.15) is 4.31 Å². The van der Waals surface area contributed by atoms with E-state index in [1.807, 2.05) is 13.0 Å². The molecular weight excluding hydrogens is 390 g/mol. The first-order chi connectivity index (χ1) is 13.8. The predicted octanol–water partition coefficient (Wildman–Crippen LogP) is 3.76. The molecule has 0 aromatic heterocycles. The molecule has 0 bridgehead atoms. The Morgan fingerprint density at radius 2 is 1.83 bits per heavy atom. The average molecular weight is 416 g/mol. The van der Waals surface area contributed by atoms with Crippen LogP contribution in [0, 0.1) is 6.92 Å². The number of esters is 1. The lowest BCUT2D eigenvalue weighted by atomic mass is 9.87. The molecule has 29 heavy (non-hydrogen) atoms. The molecule has 1 aliphatic carbocycles. The number of Topliss-reactive ketones (excluding diaryl/α,β-unsaturated/α-hetero) is 1. The summed E-state index contributed by atoms with van der Waals surface area (Å²) in [6, 6.07) is 9.27. The summed E-state index contributed by atoms with van der Waals surface area (Å²) in [7, 11) is -3.69. The van der Waals surface area contributed by atoms with Crippen molar-refractivity contribution >= 4 is 21.8 Å². The Hall–Kier alpha value is -2.51. The fourth-order valence-corrected chi connectivity index (χ4v) is 5.15. The summed E-state index contributed by atoms with van der Waals surface area (Å²) in [5.74, 6) is -0.487. The number of hydrogen-bond acceptors (Lipinski definition) is 5. The standard InChI is InChI=1S/C22H25NO5S/c1-4-23(5-2)29(26,27)17-9-6-8-16(14-17)22(25)28-20-13-12-15(3)18-10-7-11-19(24)21(18)20/h6,8-9,12-14H,4-5,7,10-11H2,1-3H3. The summed E-state index contributed by atoms with van der Waals surface area (Å²) >= 11 is 0. The number of rotatable bonds is 6. The molecule has 0 radical (unpaired) electrons. The number of nitrogens with zero attached hydrogens (tertiary/aromatic N) is 1. The van der Waals surface area contributed by atoms with Crippen LogP contribution in [0.5, 0.6) is 5.75 Å². The summed E-state index contributed by atoms with van der Waals surface area (Å²) in [5, 5.41) is 0. The molecule has 7 heteroatoms. The molecule has 3 rings (SSSR count). The molecule has 0 aliphatic heterocycles. The largest absolute Gasteiger partial charge is 0.422 e. The van der Waals surface area contributed by atoms with Gasteiger partial charge in [-0.15, -0.1) is 0 Å². The molecule has 2 aromatic rings. The van der Waals surface area contributed by atoms with Gasteiger partial charge in [0.2, 0.25) is 10.0 Å². The highest BCUT2D eigenvalue weighted by Gasteiger charge is 2.26. The number of hydrogen-bond donors (Lipinski definition) is 0. The summed E-state index contributed by atoms with van der Waals surface area (Å²) in [6.45, 7) is 6.13. The van der Waals surface area contributed by atoms with Gasteiger partial charge >= 0.3 is 5.97 Å². The fraction of sp³-hybridized carbons (Fsp3) is 0.364. The molecule has 0 saturated heterocycles. The normalized spacial score (nSPS) is 14.0. The van der Waals surface area contributed by atoms with E-state index < -0.39 is 16.0 Å². The Bertz CT molecular complexity index is 1050. The van der Waals surface area contributed by atoms with E-state index >= 15 is 0 Å². The summed E-state index contributed by atoms with van der Waals surface area (Å²) in [5.41, 5.74) is 2.51. The highest BCUT2D eigenvalue weighted by Crippen LogP contribution is 2.32. The van der Waals surface area contributed by atoms with Gasteiger partial charge in [-0.1, -0.05) is 26.0 Å². The Morgan fingerprint density at radius 1 is 1.10 bits per heavy atom. The molecule has 0 spiro atoms. The summed E-state index contributed by atoms with van der Waals surface area (Å²) < 4.78 is 32.3. The first-order valence-corrected chi connectivity index (χ1v) is 11.2. The molecule has 0 amide bonds. The monoisotopic (exact) mass is 415 g/mol. The summed E-state index contributed by atoms with van der Waals surface area (Å²) in [4.78, 5) is 25.2. The maximum Gasteiger partial charge on any atom is 0.343 e. The Kier molecular flexibility index (Phi) is 6.19. The van der Waals surface area contributed by atoms with Gasteiger partial charge < -0.3 is 4.74 Å². The SMILES string of the molecule is CCN(CC)S(=O)(=O)c1cccc(C(=O)Oc2ccc(C)c3c2C(=O)CCC3)c1. The van der Waals surface area contributed by atoms with Crippen molar-refractivity contribution in [2.45, 2.75) is 44.9 Å². The Labute approximate surface area is 171 Å². The van der Waals surface area contributed by atoms with Gasteiger partial charge in [0.15, 0.2) is 5.78 Å². The fourth-order valence-electron chi connectivity index (χ4n) is 3.65. The van der Waals surface area contributed by atoms with Crippen LogP contribution in [0.3, 0.4) is 0 Å². The van der Waals surface area contributed by atoms with E-state index in [0.717, 1.165) is 24.0 Å². The number of ether oxygens (including phenoxy) is 1. The molecule has 0 atom stereocenters. The Morgan fingerprint density at radius 3 is 2.52 bits per heavy atom. The third kappa shape index (κ3) is 4.11. The number of ketones is 1. The van der Waals surface area contributed by atoms with E-state index in [1.54, 1.807) is 19.9 Å². The summed E-state index contributed by atoms with van der Waals surface area (Å²) in [6.07, 6.45) is 1.99. The third-order valence-corrected chi connectivity index (χ3v) is 7.28. The van der Waals surface area contributed by atoms with Crippen LogP contribution in [0.2, 0.25) is 0 Å². The minimum Gasteiger partial charge on any atom is -0.422 e. The first-order valence-electron chi connectivity index (χ1n) is 9.77. The van der Waals surface area contributed by atoms with Crippen molar-refractivity contribution in [2.75, 3.05) is 13.1 Å². The molecule has 0 saturated carbocycles. The smallest absolute Gasteiger partial charge is 0.343 e. The minimum absolute atomic E-state index is 0.0318. The van der Waals surface area contributed by atoms with E-state index in [0.29, 0.717) is 25.1 Å². The van der Waals surface area contributed by atoms with Crippen molar-refractivity contribution in [3.05, 3.63) is 58.7 Å². The van der Waals surface area contributed by atoms with Crippen LogP contribution in [0.25, 0.3) is 0 Å². The van der Waals surface area contributed by atoms with Crippen molar-refractivity contribution < 1.29 is 22.7 Å². The average Bonchev–Trinajstić information content (AvgIpc) is 2.71. The molecule has 0 N–H and O–H groups in total. The zero-order chi connectivity index (χ0) is 21.2. The lowest BCUT2D eigenvalue weighted by Gasteiger charge is -2.20. The van der Waals surface area contributed by atoms with Crippen molar-refractivity contribution in [3.63, 3.8) is 0 Å². The second-order valence-corrected chi connectivity index (χ2v) is 8.96. The van der Waals surface area contributed by atoms with Crippen LogP contribution in [0.15, 0.2) is 41.3 Å². The first kappa shape index (κ1) is 21.2. The second kappa shape index (κ2) is 8.47. The van der Waals surface area contributed by atoms with Crippen molar-refractivity contribution in [1.29, 1.82) is 0 Å². The highest BCUT2D eigenvalue weighted by atomic mass is 32.2. The molecule has 0 fully saturated rings. The van der Waals surface area contributed by atoms with Crippen molar-refractivity contribution in [1.82, 2.24) is 4.31 Å². The van der Waals surface area contributed by atoms with Gasteiger partial charge in [0.05, 0.1) is 16.0 Å². The predicted molar refractivity (Wildman–Crippen MR) is 110 cm³/mol. The van der Waals surface area contributed by atoms with E-state index in [-0.39, 0.29) is 22.0 Å².